The molecule has 0 fully saturated rings. The molecule has 1 aromatic carbocycles. The summed E-state index contributed by atoms with van der Waals surface area (Å²) in [6.45, 7) is 9.85. The maximum atomic E-state index is 11.6. The van der Waals surface area contributed by atoms with Gasteiger partial charge in [-0.1, -0.05) is 24.3 Å². The smallest absolute Gasteiger partial charge is 0.407 e. The Morgan fingerprint density at radius 1 is 1.26 bits per heavy atom. The highest BCUT2D eigenvalue weighted by Crippen LogP contribution is 2.18. The van der Waals surface area contributed by atoms with E-state index in [9.17, 15) is 4.79 Å². The number of hydrogen-bond acceptors (Lipinski definition) is 3. The first-order chi connectivity index (χ1) is 8.58. The number of carbonyl (C=O) groups is 1. The molecule has 0 aromatic heterocycles. The van der Waals surface area contributed by atoms with Crippen LogP contribution in [0.15, 0.2) is 24.3 Å². The number of rotatable bonds is 3. The normalized spacial score (nSPS) is 12.1. The fourth-order valence-corrected chi connectivity index (χ4v) is 1.57. The van der Waals surface area contributed by atoms with Crippen LogP contribution in [0.5, 0.6) is 0 Å². The molecule has 0 saturated carbocycles. The van der Waals surface area contributed by atoms with Crippen LogP contribution in [-0.2, 0) is 16.8 Å². The molecule has 0 radical (unpaired) electrons. The summed E-state index contributed by atoms with van der Waals surface area (Å²) < 4.78 is 5.18. The van der Waals surface area contributed by atoms with Crippen molar-refractivity contribution in [2.24, 2.45) is 5.73 Å². The first-order valence-corrected chi connectivity index (χ1v) is 6.43. The minimum atomic E-state index is -0.481. The van der Waals surface area contributed by atoms with E-state index in [-0.39, 0.29) is 5.54 Å². The fourth-order valence-electron chi connectivity index (χ4n) is 1.57. The largest absolute Gasteiger partial charge is 0.444 e. The summed E-state index contributed by atoms with van der Waals surface area (Å²) in [5.41, 5.74) is 7.22. The highest BCUT2D eigenvalue weighted by molar-refractivity contribution is 5.67. The Bertz CT molecular complexity index is 442. The average Bonchev–Trinajstić information content (AvgIpc) is 2.23. The second kappa shape index (κ2) is 5.61. The number of nitrogens with one attached hydrogen (secondary N) is 1. The van der Waals surface area contributed by atoms with Crippen LogP contribution in [0.1, 0.15) is 45.7 Å². The van der Waals surface area contributed by atoms with E-state index in [0.29, 0.717) is 6.54 Å². The van der Waals surface area contributed by atoms with E-state index in [4.69, 9.17) is 10.5 Å². The summed E-state index contributed by atoms with van der Waals surface area (Å²) in [6.07, 6.45) is -0.412. The molecule has 19 heavy (non-hydrogen) atoms. The number of alkyl carbamates (subject to hydrolysis) is 1. The molecule has 0 heterocycles. The summed E-state index contributed by atoms with van der Waals surface area (Å²) in [5.74, 6) is 0. The molecule has 0 unspecified atom stereocenters. The first kappa shape index (κ1) is 15.5. The van der Waals surface area contributed by atoms with Crippen molar-refractivity contribution in [1.29, 1.82) is 0 Å². The highest BCUT2D eigenvalue weighted by atomic mass is 16.6. The highest BCUT2D eigenvalue weighted by Gasteiger charge is 2.16. The van der Waals surface area contributed by atoms with Crippen molar-refractivity contribution in [2.75, 3.05) is 0 Å². The van der Waals surface area contributed by atoms with Crippen LogP contribution in [0.25, 0.3) is 0 Å². The topological polar surface area (TPSA) is 64.3 Å². The molecule has 0 aliphatic carbocycles. The van der Waals surface area contributed by atoms with Gasteiger partial charge in [0.15, 0.2) is 0 Å². The van der Waals surface area contributed by atoms with E-state index < -0.39 is 11.7 Å². The Kier molecular flexibility index (Phi) is 4.58. The lowest BCUT2D eigenvalue weighted by Crippen LogP contribution is -2.32. The van der Waals surface area contributed by atoms with Gasteiger partial charge in [0.25, 0.3) is 0 Å². The molecule has 0 bridgehead atoms. The second-order valence-corrected chi connectivity index (χ2v) is 6.28. The summed E-state index contributed by atoms with van der Waals surface area (Å²) >= 11 is 0. The second-order valence-electron chi connectivity index (χ2n) is 6.28. The van der Waals surface area contributed by atoms with Crippen molar-refractivity contribution in [3.63, 3.8) is 0 Å². The van der Waals surface area contributed by atoms with Crippen molar-refractivity contribution in [1.82, 2.24) is 5.32 Å². The van der Waals surface area contributed by atoms with E-state index in [1.54, 1.807) is 0 Å². The van der Waals surface area contributed by atoms with E-state index in [0.717, 1.165) is 11.1 Å². The van der Waals surface area contributed by atoms with Gasteiger partial charge in [-0.05, 0) is 45.7 Å². The summed E-state index contributed by atoms with van der Waals surface area (Å²) in [4.78, 5) is 11.6. The van der Waals surface area contributed by atoms with Gasteiger partial charge >= 0.3 is 6.09 Å². The van der Waals surface area contributed by atoms with E-state index >= 15 is 0 Å². The third kappa shape index (κ3) is 5.75. The van der Waals surface area contributed by atoms with Crippen molar-refractivity contribution < 1.29 is 9.53 Å². The first-order valence-electron chi connectivity index (χ1n) is 6.43. The monoisotopic (exact) mass is 264 g/mol. The lowest BCUT2D eigenvalue weighted by molar-refractivity contribution is 0.0523. The number of nitrogens with two attached hydrogens (primary N) is 1. The number of amides is 1. The Morgan fingerprint density at radius 2 is 1.89 bits per heavy atom. The van der Waals surface area contributed by atoms with Crippen LogP contribution in [-0.4, -0.2) is 11.7 Å². The number of hydrogen-bond donors (Lipinski definition) is 2. The fraction of sp³-hybridized carbons (Fsp3) is 0.533. The molecule has 0 aliphatic heterocycles. The zero-order valence-corrected chi connectivity index (χ0v) is 12.4. The van der Waals surface area contributed by atoms with Crippen LogP contribution < -0.4 is 11.1 Å². The van der Waals surface area contributed by atoms with Crippen LogP contribution in [0, 0.1) is 0 Å². The maximum Gasteiger partial charge on any atom is 0.407 e. The SMILES string of the molecule is CC(C)(C)OC(=O)NCc1cccc(C(C)(C)N)c1. The van der Waals surface area contributed by atoms with Gasteiger partial charge in [0.2, 0.25) is 0 Å². The molecule has 0 saturated heterocycles. The Hall–Kier alpha value is -1.55. The molecule has 0 spiro atoms. The zero-order valence-electron chi connectivity index (χ0n) is 12.4. The third-order valence-corrected chi connectivity index (χ3v) is 2.51. The molecule has 3 N–H and O–H groups in total. The van der Waals surface area contributed by atoms with Gasteiger partial charge in [-0.25, -0.2) is 4.79 Å². The maximum absolute atomic E-state index is 11.6. The predicted molar refractivity (Wildman–Crippen MR) is 76.7 cm³/mol. The Labute approximate surface area is 115 Å². The molecule has 1 amide bonds. The van der Waals surface area contributed by atoms with Gasteiger partial charge in [0.1, 0.15) is 5.60 Å². The average molecular weight is 264 g/mol. The molecule has 1 aromatic rings. The number of ether oxygens (including phenoxy) is 1. The molecule has 0 aliphatic rings. The van der Waals surface area contributed by atoms with E-state index in [1.165, 1.54) is 0 Å². The lowest BCUT2D eigenvalue weighted by Gasteiger charge is -2.21. The van der Waals surface area contributed by atoms with Crippen LogP contribution >= 0.6 is 0 Å². The van der Waals surface area contributed by atoms with Crippen LogP contribution in [0.2, 0.25) is 0 Å². The molecular formula is C15H24N2O2. The predicted octanol–water partition coefficient (Wildman–Crippen LogP) is 2.91. The molecule has 1 rings (SSSR count). The minimum absolute atomic E-state index is 0.387. The molecule has 4 heteroatoms. The zero-order chi connectivity index (χ0) is 14.7. The van der Waals surface area contributed by atoms with Gasteiger partial charge in [-0.15, -0.1) is 0 Å². The van der Waals surface area contributed by atoms with Gasteiger partial charge in [0.05, 0.1) is 0 Å². The van der Waals surface area contributed by atoms with Crippen molar-refractivity contribution in [3.8, 4) is 0 Å². The van der Waals surface area contributed by atoms with Gasteiger partial charge in [-0.2, -0.15) is 0 Å². The van der Waals surface area contributed by atoms with Crippen molar-refractivity contribution in [3.05, 3.63) is 35.4 Å². The third-order valence-electron chi connectivity index (χ3n) is 2.51. The quantitative estimate of drug-likeness (QED) is 0.882. The van der Waals surface area contributed by atoms with Gasteiger partial charge in [-0.3, -0.25) is 0 Å². The molecule has 0 atom stereocenters. The van der Waals surface area contributed by atoms with Gasteiger partial charge < -0.3 is 15.8 Å². The Balaban J connectivity index is 2.62. The van der Waals surface area contributed by atoms with Gasteiger partial charge in [0, 0.05) is 12.1 Å². The number of benzene rings is 1. The molecule has 106 valence electrons. The lowest BCUT2D eigenvalue weighted by atomic mass is 9.94. The molecular weight excluding hydrogens is 240 g/mol. The minimum Gasteiger partial charge on any atom is -0.444 e. The summed E-state index contributed by atoms with van der Waals surface area (Å²) in [6, 6.07) is 7.87. The standard InChI is InChI=1S/C15H24N2O2/c1-14(2,3)19-13(18)17-10-11-7-6-8-12(9-11)15(4,5)16/h6-9H,10,16H2,1-5H3,(H,17,18). The summed E-state index contributed by atoms with van der Waals surface area (Å²) in [5, 5.41) is 2.73. The molecule has 4 nitrogen and oxygen atoms in total. The Morgan fingerprint density at radius 3 is 2.42 bits per heavy atom. The summed E-state index contributed by atoms with van der Waals surface area (Å²) in [7, 11) is 0. The van der Waals surface area contributed by atoms with E-state index in [1.807, 2.05) is 58.9 Å². The van der Waals surface area contributed by atoms with Crippen molar-refractivity contribution >= 4 is 6.09 Å². The van der Waals surface area contributed by atoms with Crippen molar-refractivity contribution in [2.45, 2.75) is 52.3 Å². The van der Waals surface area contributed by atoms with E-state index in [2.05, 4.69) is 5.32 Å². The van der Waals surface area contributed by atoms with Crippen LogP contribution in [0.3, 0.4) is 0 Å². The van der Waals surface area contributed by atoms with Crippen LogP contribution in [0.4, 0.5) is 4.79 Å². The number of carbonyl (C=O) groups excluding carboxylic acids is 1.